The maximum Gasteiger partial charge on any atom is 0.317 e. The number of benzene rings is 3. The van der Waals surface area contributed by atoms with Gasteiger partial charge < -0.3 is 24.6 Å². The van der Waals surface area contributed by atoms with Crippen molar-refractivity contribution in [1.82, 2.24) is 30.4 Å². The molecule has 6 rings (SSSR count). The van der Waals surface area contributed by atoms with Gasteiger partial charge in [-0.3, -0.25) is 19.7 Å². The Morgan fingerprint density at radius 3 is 2.54 bits per heavy atom. The van der Waals surface area contributed by atoms with Gasteiger partial charge in [0.1, 0.15) is 31.1 Å². The van der Waals surface area contributed by atoms with Gasteiger partial charge in [0.15, 0.2) is 5.75 Å². The topological polar surface area (TPSA) is 201 Å². The number of aromatic nitrogens is 2. The number of ether oxygens (including phenoxy) is 2. The lowest BCUT2D eigenvalue weighted by molar-refractivity contribution is -0.136. The summed E-state index contributed by atoms with van der Waals surface area (Å²) in [5.41, 5.74) is 3.77. The van der Waals surface area contributed by atoms with E-state index in [0.29, 0.717) is 17.0 Å². The maximum absolute atomic E-state index is 13.0. The highest BCUT2D eigenvalue weighted by Gasteiger charge is 2.39. The van der Waals surface area contributed by atoms with Gasteiger partial charge in [0.25, 0.3) is 5.91 Å². The molecule has 2 aliphatic rings. The van der Waals surface area contributed by atoms with Crippen LogP contribution in [0.3, 0.4) is 0 Å². The lowest BCUT2D eigenvalue weighted by Gasteiger charge is -2.29. The Morgan fingerprint density at radius 1 is 1.09 bits per heavy atom. The summed E-state index contributed by atoms with van der Waals surface area (Å²) >= 11 is 6.69. The van der Waals surface area contributed by atoms with E-state index in [0.717, 1.165) is 28.5 Å². The molecule has 2 N–H and O–H groups in total. The number of nitrogens with zero attached hydrogens (tertiary/aromatic N) is 5. The van der Waals surface area contributed by atoms with Gasteiger partial charge in [0, 0.05) is 50.0 Å². The minimum absolute atomic E-state index is 0.0477. The van der Waals surface area contributed by atoms with Crippen molar-refractivity contribution < 1.29 is 37.1 Å². The van der Waals surface area contributed by atoms with Crippen molar-refractivity contribution in [1.29, 1.82) is 5.26 Å². The highest BCUT2D eigenvalue weighted by atomic mass is 35.5. The van der Waals surface area contributed by atoms with Crippen molar-refractivity contribution in [2.75, 3.05) is 26.5 Å². The van der Waals surface area contributed by atoms with E-state index >= 15 is 0 Å². The standard InChI is InChI=1S/C40H40ClN7O8S/c1-40(2,27-6-8-30(9-7-27)56-23-29-13-14-43-38(45-29)57(4,53)54)28-18-25(20-42)35(32(41)19-28)55-16-15-47(3)39(52)44-21-24-5-10-31-26(17-24)22-48(37(31)51)33-11-12-34(49)46-36(33)50/h5-10,13-14,17-19,33H,11-12,15-16,21-23H2,1-4H3,(H,44,52)(H,46,49,50). The van der Waals surface area contributed by atoms with Gasteiger partial charge >= 0.3 is 6.03 Å². The molecule has 296 valence electrons. The number of sulfone groups is 1. The van der Waals surface area contributed by atoms with Gasteiger partial charge in [-0.1, -0.05) is 49.7 Å². The number of imide groups is 1. The molecule has 4 aromatic rings. The molecule has 0 aliphatic carbocycles. The molecule has 57 heavy (non-hydrogen) atoms. The van der Waals surface area contributed by atoms with Crippen LogP contribution >= 0.6 is 11.6 Å². The Morgan fingerprint density at radius 2 is 1.84 bits per heavy atom. The molecule has 1 atom stereocenters. The average Bonchev–Trinajstić information content (AvgIpc) is 3.50. The zero-order chi connectivity index (χ0) is 41.1. The van der Waals surface area contributed by atoms with Gasteiger partial charge in [-0.25, -0.2) is 23.2 Å². The van der Waals surface area contributed by atoms with Crippen molar-refractivity contribution in [2.24, 2.45) is 0 Å². The molecule has 15 nitrogen and oxygen atoms in total. The summed E-state index contributed by atoms with van der Waals surface area (Å²) < 4.78 is 35.3. The number of urea groups is 1. The number of piperidine rings is 1. The van der Waals surface area contributed by atoms with Crippen LogP contribution in [0.15, 0.2) is 72.0 Å². The zero-order valence-corrected chi connectivity index (χ0v) is 33.2. The van der Waals surface area contributed by atoms with Crippen LogP contribution in [0, 0.1) is 11.3 Å². The quantitative estimate of drug-likeness (QED) is 0.144. The maximum atomic E-state index is 13.0. The molecule has 0 radical (unpaired) electrons. The predicted molar refractivity (Wildman–Crippen MR) is 207 cm³/mol. The second kappa shape index (κ2) is 16.6. The summed E-state index contributed by atoms with van der Waals surface area (Å²) in [6.07, 6.45) is 2.86. The van der Waals surface area contributed by atoms with Crippen LogP contribution in [-0.2, 0) is 44.5 Å². The number of hydrogen-bond acceptors (Lipinski definition) is 11. The number of nitriles is 1. The van der Waals surface area contributed by atoms with Crippen molar-refractivity contribution >= 4 is 45.2 Å². The number of fused-ring (bicyclic) bond motifs is 1. The van der Waals surface area contributed by atoms with E-state index in [4.69, 9.17) is 21.1 Å². The third-order valence-electron chi connectivity index (χ3n) is 9.92. The van der Waals surface area contributed by atoms with Gasteiger partial charge in [0.05, 0.1) is 22.8 Å². The summed E-state index contributed by atoms with van der Waals surface area (Å²) in [5.74, 6) is -0.331. The van der Waals surface area contributed by atoms with Crippen LogP contribution in [0.4, 0.5) is 4.79 Å². The number of hydrogen-bond donors (Lipinski definition) is 2. The first-order chi connectivity index (χ1) is 27.0. The van der Waals surface area contributed by atoms with E-state index in [1.807, 2.05) is 32.0 Å². The van der Waals surface area contributed by atoms with Crippen LogP contribution in [0.1, 0.15) is 70.6 Å². The smallest absolute Gasteiger partial charge is 0.317 e. The third kappa shape index (κ3) is 9.16. The number of nitrogens with one attached hydrogen (secondary N) is 2. The van der Waals surface area contributed by atoms with Gasteiger partial charge in [-0.05, 0) is 65.1 Å². The van der Waals surface area contributed by atoms with Crippen LogP contribution in [0.25, 0.3) is 0 Å². The number of rotatable bonds is 13. The summed E-state index contributed by atoms with van der Waals surface area (Å²) in [5, 5.41) is 15.2. The third-order valence-corrected chi connectivity index (χ3v) is 11.1. The van der Waals surface area contributed by atoms with Crippen LogP contribution in [0.2, 0.25) is 5.02 Å². The van der Waals surface area contributed by atoms with E-state index in [-0.39, 0.29) is 85.0 Å². The van der Waals surface area contributed by atoms with E-state index < -0.39 is 27.2 Å². The van der Waals surface area contributed by atoms with Crippen molar-refractivity contribution in [3.63, 3.8) is 0 Å². The minimum atomic E-state index is -3.55. The lowest BCUT2D eigenvalue weighted by atomic mass is 9.77. The van der Waals surface area contributed by atoms with Crippen LogP contribution in [0.5, 0.6) is 11.5 Å². The summed E-state index contributed by atoms with van der Waals surface area (Å²) in [6, 6.07) is 18.8. The van der Waals surface area contributed by atoms with Gasteiger partial charge in [-0.15, -0.1) is 0 Å². The first-order valence-corrected chi connectivity index (χ1v) is 20.2. The molecule has 2 aliphatic heterocycles. The molecule has 1 aromatic heterocycles. The molecule has 1 saturated heterocycles. The zero-order valence-electron chi connectivity index (χ0n) is 31.7. The largest absolute Gasteiger partial charge is 0.489 e. The van der Waals surface area contributed by atoms with Crippen molar-refractivity contribution in [2.45, 2.75) is 63.0 Å². The SMILES string of the molecule is CN(CCOc1c(Cl)cc(C(C)(C)c2ccc(OCc3ccnc(S(C)(=O)=O)n3)cc2)cc1C#N)C(=O)NCc1ccc2c(c1)CN(C1CCC(=O)NC1=O)C2=O. The molecule has 0 saturated carbocycles. The summed E-state index contributed by atoms with van der Waals surface area (Å²) in [6.45, 7) is 4.71. The first-order valence-electron chi connectivity index (χ1n) is 17.9. The predicted octanol–water partition coefficient (Wildman–Crippen LogP) is 4.29. The van der Waals surface area contributed by atoms with Crippen molar-refractivity contribution in [3.8, 4) is 17.6 Å². The second-order valence-electron chi connectivity index (χ2n) is 14.3. The highest BCUT2D eigenvalue weighted by molar-refractivity contribution is 7.90. The fraction of sp³-hybridized carbons (Fsp3) is 0.325. The molecule has 5 amide bonds. The van der Waals surface area contributed by atoms with Gasteiger partial charge in [0.2, 0.25) is 26.8 Å². The molecule has 17 heteroatoms. The Hall–Kier alpha value is -6.05. The molecule has 0 bridgehead atoms. The van der Waals surface area contributed by atoms with Gasteiger partial charge in [-0.2, -0.15) is 5.26 Å². The molecular formula is C40H40ClN7O8S. The minimum Gasteiger partial charge on any atom is -0.489 e. The van der Waals surface area contributed by atoms with E-state index in [2.05, 4.69) is 26.7 Å². The Labute approximate surface area is 334 Å². The molecular weight excluding hydrogens is 774 g/mol. The molecule has 3 aromatic carbocycles. The summed E-state index contributed by atoms with van der Waals surface area (Å²) in [7, 11) is -1.94. The fourth-order valence-corrected chi connectivity index (χ4v) is 7.36. The molecule has 0 spiro atoms. The molecule has 1 unspecified atom stereocenters. The van der Waals surface area contributed by atoms with Crippen molar-refractivity contribution in [3.05, 3.63) is 111 Å². The second-order valence-corrected chi connectivity index (χ2v) is 16.6. The fourth-order valence-electron chi connectivity index (χ4n) is 6.55. The lowest BCUT2D eigenvalue weighted by Crippen LogP contribution is -2.52. The average molecular weight is 814 g/mol. The van der Waals surface area contributed by atoms with E-state index in [9.17, 15) is 32.9 Å². The highest BCUT2D eigenvalue weighted by Crippen LogP contribution is 2.39. The Bertz CT molecular complexity index is 2400. The van der Waals surface area contributed by atoms with E-state index in [1.54, 1.807) is 49.5 Å². The number of carbonyl (C=O) groups is 4. The Kier molecular flexibility index (Phi) is 11.8. The van der Waals surface area contributed by atoms with Crippen LogP contribution in [-0.4, -0.2) is 84.4 Å². The molecule has 1 fully saturated rings. The first kappa shape index (κ1) is 40.6. The number of amides is 5. The number of halogens is 1. The summed E-state index contributed by atoms with van der Waals surface area (Å²) in [4.78, 5) is 60.6. The van der Waals surface area contributed by atoms with Crippen LogP contribution < -0.4 is 20.1 Å². The number of likely N-dealkylation sites (N-methyl/N-ethyl adjacent to an activating group) is 1. The van der Waals surface area contributed by atoms with E-state index in [1.165, 1.54) is 16.0 Å². The Balaban J connectivity index is 1.01. The monoisotopic (exact) mass is 813 g/mol. The molecule has 3 heterocycles. The normalized spacial score (nSPS) is 15.4. The number of carbonyl (C=O) groups excluding carboxylic acids is 4.